The summed E-state index contributed by atoms with van der Waals surface area (Å²) in [7, 11) is 2.82. The van der Waals surface area contributed by atoms with Crippen LogP contribution in [0.15, 0.2) is 34.6 Å². The average Bonchev–Trinajstić information content (AvgIpc) is 3.22. The van der Waals surface area contributed by atoms with Gasteiger partial charge in [0.25, 0.3) is 5.91 Å². The van der Waals surface area contributed by atoms with Crippen LogP contribution in [0.1, 0.15) is 25.0 Å². The van der Waals surface area contributed by atoms with Gasteiger partial charge < -0.3 is 9.64 Å². The number of fused-ring (bicyclic) bond motifs is 3. The molecule has 3 amide bonds. The molecule has 3 aliphatic heterocycles. The Labute approximate surface area is 175 Å². The molecule has 0 saturated carbocycles. The summed E-state index contributed by atoms with van der Waals surface area (Å²) in [6.45, 7) is 7.61. The fourth-order valence-corrected chi connectivity index (χ4v) is 4.22. The van der Waals surface area contributed by atoms with Gasteiger partial charge in [-0.2, -0.15) is 0 Å². The van der Waals surface area contributed by atoms with Crippen molar-refractivity contribution in [1.29, 1.82) is 0 Å². The van der Waals surface area contributed by atoms with Crippen molar-refractivity contribution in [3.63, 3.8) is 0 Å². The van der Waals surface area contributed by atoms with Crippen molar-refractivity contribution >= 4 is 29.6 Å². The molecule has 2 unspecified atom stereocenters. The van der Waals surface area contributed by atoms with Crippen molar-refractivity contribution in [2.24, 2.45) is 4.99 Å². The molecule has 1 fully saturated rings. The summed E-state index contributed by atoms with van der Waals surface area (Å²) in [5.41, 5.74) is 5.11. The van der Waals surface area contributed by atoms with Gasteiger partial charge in [0, 0.05) is 18.4 Å². The summed E-state index contributed by atoms with van der Waals surface area (Å²) in [5.74, 6) is -0.492. The van der Waals surface area contributed by atoms with E-state index >= 15 is 0 Å². The van der Waals surface area contributed by atoms with Crippen LogP contribution in [0.2, 0.25) is 0 Å². The number of anilines is 1. The van der Waals surface area contributed by atoms with Crippen molar-refractivity contribution in [1.82, 2.24) is 14.7 Å². The van der Waals surface area contributed by atoms with E-state index < -0.39 is 36.7 Å². The molecule has 1 saturated heterocycles. The second kappa shape index (κ2) is 6.86. The number of nitrogens with zero attached hydrogens (tertiary/aromatic N) is 5. The van der Waals surface area contributed by atoms with E-state index in [1.165, 1.54) is 12.0 Å². The van der Waals surface area contributed by atoms with Gasteiger partial charge in [-0.15, -0.1) is 0 Å². The number of amides is 3. The Balaban J connectivity index is 1.77. The summed E-state index contributed by atoms with van der Waals surface area (Å²) in [6.07, 6.45) is -0.662. The van der Waals surface area contributed by atoms with Gasteiger partial charge in [-0.05, 0) is 44.9 Å². The van der Waals surface area contributed by atoms with Crippen LogP contribution >= 0.6 is 0 Å². The zero-order valence-electron chi connectivity index (χ0n) is 18.0. The van der Waals surface area contributed by atoms with Gasteiger partial charge in [0.15, 0.2) is 12.2 Å². The molecule has 0 aliphatic carbocycles. The summed E-state index contributed by atoms with van der Waals surface area (Å²) in [5, 5.41) is 0. The molecule has 0 N–H and O–H groups in total. The van der Waals surface area contributed by atoms with Gasteiger partial charge in [0.2, 0.25) is 5.96 Å². The first-order chi connectivity index (χ1) is 14.2. The zero-order valence-corrected chi connectivity index (χ0v) is 18.0. The highest BCUT2D eigenvalue weighted by Crippen LogP contribution is 2.41. The Kier molecular flexibility index (Phi) is 4.56. The van der Waals surface area contributed by atoms with E-state index in [4.69, 9.17) is 4.99 Å². The summed E-state index contributed by atoms with van der Waals surface area (Å²) in [4.78, 5) is 48.9. The van der Waals surface area contributed by atoms with Gasteiger partial charge in [0.1, 0.15) is 6.54 Å². The monoisotopic (exact) mass is 411 g/mol. The highest BCUT2D eigenvalue weighted by atomic mass is 16.5. The fourth-order valence-electron chi connectivity index (χ4n) is 4.22. The van der Waals surface area contributed by atoms with Crippen LogP contribution in [0.3, 0.4) is 0 Å². The van der Waals surface area contributed by atoms with Crippen LogP contribution in [0.4, 0.5) is 10.5 Å². The molecule has 0 spiro atoms. The van der Waals surface area contributed by atoms with E-state index in [-0.39, 0.29) is 0 Å². The Morgan fingerprint density at radius 3 is 2.50 bits per heavy atom. The van der Waals surface area contributed by atoms with Crippen molar-refractivity contribution < 1.29 is 19.1 Å². The van der Waals surface area contributed by atoms with E-state index in [0.29, 0.717) is 5.96 Å². The maximum Gasteiger partial charge on any atom is 0.328 e. The number of imide groups is 1. The standard InChI is InChI=1S/C21H25N5O4/c1-11-8-7-9-15(12(11)2)25-13(3)14(4)26-17-18(22-20(25)26)23(5)21(29)24(19(17)28)10-16(27)30-6/h7-9,17-18H,10H2,1-6H3. The van der Waals surface area contributed by atoms with E-state index in [9.17, 15) is 14.4 Å². The largest absolute Gasteiger partial charge is 0.468 e. The number of hydrogen-bond donors (Lipinski definition) is 0. The molecule has 30 heavy (non-hydrogen) atoms. The molecule has 0 bridgehead atoms. The van der Waals surface area contributed by atoms with E-state index in [2.05, 4.69) is 24.7 Å². The lowest BCUT2D eigenvalue weighted by atomic mass is 10.1. The maximum absolute atomic E-state index is 13.3. The number of aryl methyl sites for hydroxylation is 1. The number of carbonyl (C=O) groups is 3. The molecule has 0 radical (unpaired) electrons. The highest BCUT2D eigenvalue weighted by molar-refractivity contribution is 6.11. The molecule has 1 aromatic rings. The molecule has 0 aromatic heterocycles. The van der Waals surface area contributed by atoms with Gasteiger partial charge in [-0.1, -0.05) is 12.1 Å². The zero-order chi connectivity index (χ0) is 21.9. The van der Waals surface area contributed by atoms with Crippen molar-refractivity contribution in [3.8, 4) is 0 Å². The number of urea groups is 1. The third-order valence-electron chi connectivity index (χ3n) is 6.22. The van der Waals surface area contributed by atoms with E-state index in [1.54, 1.807) is 7.05 Å². The minimum absolute atomic E-state index is 0.423. The third-order valence-corrected chi connectivity index (χ3v) is 6.22. The van der Waals surface area contributed by atoms with Crippen molar-refractivity contribution in [2.75, 3.05) is 25.6 Å². The molecule has 9 heteroatoms. The first kappa shape index (κ1) is 19.9. The number of ether oxygens (including phenoxy) is 1. The summed E-state index contributed by atoms with van der Waals surface area (Å²) < 4.78 is 4.66. The van der Waals surface area contributed by atoms with Crippen LogP contribution in [0.5, 0.6) is 0 Å². The second-order valence-corrected chi connectivity index (χ2v) is 7.78. The SMILES string of the molecule is COC(=O)CN1C(=O)C2C(N=C3N(c4cccc(C)c4C)C(C)=C(C)N32)N(C)C1=O. The lowest BCUT2D eigenvalue weighted by Crippen LogP contribution is -2.65. The smallest absolute Gasteiger partial charge is 0.328 e. The Bertz CT molecular complexity index is 1030. The number of hydrogen-bond acceptors (Lipinski definition) is 7. The minimum Gasteiger partial charge on any atom is -0.468 e. The van der Waals surface area contributed by atoms with E-state index in [1.807, 2.05) is 35.8 Å². The molecule has 1 aromatic carbocycles. The van der Waals surface area contributed by atoms with Gasteiger partial charge in [-0.25, -0.2) is 9.79 Å². The molecule has 3 aliphatic rings. The Morgan fingerprint density at radius 2 is 1.83 bits per heavy atom. The molecule has 9 nitrogen and oxygen atoms in total. The normalized spacial score (nSPS) is 23.2. The number of likely N-dealkylation sites (N-methyl/N-ethyl adjacent to an activating group) is 1. The van der Waals surface area contributed by atoms with Crippen LogP contribution in [-0.2, 0) is 14.3 Å². The lowest BCUT2D eigenvalue weighted by molar-refractivity contribution is -0.148. The number of guanidine groups is 1. The third kappa shape index (κ3) is 2.61. The molecule has 158 valence electrons. The van der Waals surface area contributed by atoms with Crippen molar-refractivity contribution in [2.45, 2.75) is 39.9 Å². The minimum atomic E-state index is -0.725. The number of esters is 1. The van der Waals surface area contributed by atoms with Gasteiger partial charge in [0.05, 0.1) is 12.8 Å². The number of benzene rings is 1. The van der Waals surface area contributed by atoms with Crippen LogP contribution in [0, 0.1) is 13.8 Å². The first-order valence-electron chi connectivity index (χ1n) is 9.74. The number of methoxy groups -OCH3 is 1. The Morgan fingerprint density at radius 1 is 1.13 bits per heavy atom. The fraction of sp³-hybridized carbons (Fsp3) is 0.429. The molecular formula is C21H25N5O4. The molecule has 3 heterocycles. The second-order valence-electron chi connectivity index (χ2n) is 7.78. The summed E-state index contributed by atoms with van der Waals surface area (Å²) in [6, 6.07) is 4.78. The van der Waals surface area contributed by atoms with E-state index in [0.717, 1.165) is 33.1 Å². The highest BCUT2D eigenvalue weighted by Gasteiger charge is 2.56. The Hall–Kier alpha value is -3.36. The number of aliphatic imine (C=N–C) groups is 1. The van der Waals surface area contributed by atoms with Crippen LogP contribution in [0.25, 0.3) is 0 Å². The summed E-state index contributed by atoms with van der Waals surface area (Å²) >= 11 is 0. The first-order valence-corrected chi connectivity index (χ1v) is 9.74. The van der Waals surface area contributed by atoms with Crippen molar-refractivity contribution in [3.05, 3.63) is 40.7 Å². The van der Waals surface area contributed by atoms with Gasteiger partial charge >= 0.3 is 12.0 Å². The molecule has 2 atom stereocenters. The van der Waals surface area contributed by atoms with Crippen LogP contribution < -0.4 is 4.90 Å². The van der Waals surface area contributed by atoms with Crippen LogP contribution in [-0.4, -0.2) is 71.5 Å². The number of allylic oxidation sites excluding steroid dienone is 2. The predicted octanol–water partition coefficient (Wildman–Crippen LogP) is 1.81. The number of carbonyl (C=O) groups excluding carboxylic acids is 3. The molecular weight excluding hydrogens is 386 g/mol. The average molecular weight is 411 g/mol. The maximum atomic E-state index is 13.3. The molecule has 4 rings (SSSR count). The quantitative estimate of drug-likeness (QED) is 0.705. The van der Waals surface area contributed by atoms with Gasteiger partial charge in [-0.3, -0.25) is 24.3 Å². The predicted molar refractivity (Wildman–Crippen MR) is 111 cm³/mol. The number of rotatable bonds is 3. The lowest BCUT2D eigenvalue weighted by Gasteiger charge is -2.40. The topological polar surface area (TPSA) is 85.8 Å².